The number of fused-ring (bicyclic) bond motifs is 4. The second-order valence-electron chi connectivity index (χ2n) is 14.1. The number of carbonyl (C=O) groups excluding carboxylic acids is 3. The van der Waals surface area contributed by atoms with Crippen LogP contribution < -0.4 is 20.1 Å². The van der Waals surface area contributed by atoms with Crippen molar-refractivity contribution in [2.45, 2.75) is 88.9 Å². The molecular formula is C36H44N4O8. The largest absolute Gasteiger partial charge is 0.496 e. The molecule has 12 nitrogen and oxygen atoms in total. The Bertz CT molecular complexity index is 1650. The summed E-state index contributed by atoms with van der Waals surface area (Å²) in [4.78, 5) is 59.7. The first-order chi connectivity index (χ1) is 23.0. The van der Waals surface area contributed by atoms with Gasteiger partial charge in [0.05, 0.1) is 20.3 Å². The van der Waals surface area contributed by atoms with Gasteiger partial charge in [-0.2, -0.15) is 0 Å². The van der Waals surface area contributed by atoms with Gasteiger partial charge < -0.3 is 34.9 Å². The topological polar surface area (TPSA) is 156 Å². The highest BCUT2D eigenvalue weighted by atomic mass is 16.5. The van der Waals surface area contributed by atoms with Crippen molar-refractivity contribution in [3.8, 4) is 11.6 Å². The van der Waals surface area contributed by atoms with Gasteiger partial charge in [-0.15, -0.1) is 0 Å². The van der Waals surface area contributed by atoms with E-state index in [4.69, 9.17) is 14.2 Å². The van der Waals surface area contributed by atoms with Crippen LogP contribution in [0, 0.1) is 11.3 Å². The molecule has 2 aromatic rings. The second kappa shape index (κ2) is 13.5. The molecule has 3 N–H and O–H groups in total. The number of methoxy groups -OCH3 is 1. The van der Waals surface area contributed by atoms with Crippen LogP contribution in [0.2, 0.25) is 0 Å². The van der Waals surface area contributed by atoms with E-state index in [-0.39, 0.29) is 31.9 Å². The Morgan fingerprint density at radius 2 is 1.98 bits per heavy atom. The van der Waals surface area contributed by atoms with E-state index in [0.717, 1.165) is 35.6 Å². The summed E-state index contributed by atoms with van der Waals surface area (Å²) >= 11 is 0. The number of carboxylic acid groups (broad SMARTS) is 1. The van der Waals surface area contributed by atoms with Crippen molar-refractivity contribution in [1.29, 1.82) is 0 Å². The lowest BCUT2D eigenvalue weighted by molar-refractivity contribution is -0.145. The number of allylic oxidation sites excluding steroid dienone is 2. The molecule has 1 saturated carbocycles. The number of amides is 3. The summed E-state index contributed by atoms with van der Waals surface area (Å²) in [5, 5.41) is 17.3. The molecule has 1 aliphatic carbocycles. The van der Waals surface area contributed by atoms with Gasteiger partial charge in [-0.05, 0) is 55.7 Å². The normalized spacial score (nSPS) is 30.6. The quantitative estimate of drug-likeness (QED) is 0.392. The number of cyclic esters (lactones) is 1. The first-order valence-corrected chi connectivity index (χ1v) is 16.8. The zero-order valence-electron chi connectivity index (χ0n) is 27.7. The monoisotopic (exact) mass is 660 g/mol. The molecule has 6 rings (SSSR count). The maximum absolute atomic E-state index is 14.3. The van der Waals surface area contributed by atoms with E-state index in [2.05, 4.69) is 15.6 Å². The van der Waals surface area contributed by atoms with Crippen molar-refractivity contribution in [3.63, 3.8) is 0 Å². The van der Waals surface area contributed by atoms with Crippen molar-refractivity contribution < 1.29 is 38.5 Å². The number of rotatable bonds is 2. The Morgan fingerprint density at radius 3 is 2.77 bits per heavy atom. The van der Waals surface area contributed by atoms with E-state index in [0.29, 0.717) is 30.9 Å². The third kappa shape index (κ3) is 6.97. The molecule has 5 bridgehead atoms. The fourth-order valence-electron chi connectivity index (χ4n) is 6.90. The lowest BCUT2D eigenvalue weighted by atomic mass is 9.90. The Balaban J connectivity index is 1.39. The minimum absolute atomic E-state index is 0.0432. The number of hydrogen-bond donors (Lipinski definition) is 3. The zero-order valence-corrected chi connectivity index (χ0v) is 27.7. The summed E-state index contributed by atoms with van der Waals surface area (Å²) in [6, 6.07) is 3.74. The standard InChI is InChI=1S/C36H44N4O8/c1-35(2)14-9-10-23-16-26-22(17-29(23)46-3)13-15-37-31(26)48-25-18-28-30(41)39-36(33(43)44)19-24(36)11-7-5-4-6-8-12-27(32(42)40(28)20-25)38-34(45)47-21-35/h7,9-11,13,15-17,24-25,27-28H,4-6,8,12,14,18-21H2,1-3H3,(H,38,45)(H,39,41)(H,43,44)/b10-9+,11-7-/t24-,25-,27+,28+,36-/m1/s1. The molecule has 2 fully saturated rings. The van der Waals surface area contributed by atoms with Crippen LogP contribution in [-0.4, -0.2) is 82.9 Å². The molecule has 3 amide bonds. The number of nitrogens with one attached hydrogen (secondary N) is 2. The molecule has 5 atom stereocenters. The first kappa shape index (κ1) is 33.3. The third-order valence-electron chi connectivity index (χ3n) is 9.83. The summed E-state index contributed by atoms with van der Waals surface area (Å²) in [5.41, 5.74) is -1.03. The van der Waals surface area contributed by atoms with Crippen molar-refractivity contribution in [2.24, 2.45) is 11.3 Å². The van der Waals surface area contributed by atoms with Crippen molar-refractivity contribution >= 4 is 40.7 Å². The lowest BCUT2D eigenvalue weighted by Gasteiger charge is -2.29. The summed E-state index contributed by atoms with van der Waals surface area (Å²) in [7, 11) is 1.61. The average Bonchev–Trinajstić information content (AvgIpc) is 3.59. The Labute approximate surface area is 279 Å². The molecule has 1 saturated heterocycles. The van der Waals surface area contributed by atoms with Gasteiger partial charge in [-0.3, -0.25) is 9.59 Å². The molecule has 3 aliphatic heterocycles. The minimum atomic E-state index is -1.43. The van der Waals surface area contributed by atoms with E-state index in [1.807, 2.05) is 56.4 Å². The van der Waals surface area contributed by atoms with E-state index in [1.165, 1.54) is 4.90 Å². The molecule has 1 aromatic carbocycles. The fraction of sp³-hybridized carbons (Fsp3) is 0.528. The van der Waals surface area contributed by atoms with Crippen LogP contribution in [0.5, 0.6) is 11.6 Å². The smallest absolute Gasteiger partial charge is 0.407 e. The zero-order chi connectivity index (χ0) is 34.1. The summed E-state index contributed by atoms with van der Waals surface area (Å²) in [5.74, 6) is -1.44. The van der Waals surface area contributed by atoms with Gasteiger partial charge in [-0.25, -0.2) is 14.6 Å². The number of aliphatic carboxylic acids is 1. The van der Waals surface area contributed by atoms with Gasteiger partial charge >= 0.3 is 12.1 Å². The molecule has 4 aliphatic rings. The SMILES string of the molecule is COc1cc2ccnc3c2cc1/C=C/CC(C)(C)COC(=O)N[C@H]1CCCCC/C=C\[C@@H]2C[C@@]2(C(=O)O)NC(=O)[C@@H]2C[C@H](CN2C1=O)O3. The fourth-order valence-corrected chi connectivity index (χ4v) is 6.90. The number of carbonyl (C=O) groups is 4. The molecule has 12 heteroatoms. The average molecular weight is 661 g/mol. The number of nitrogens with zero attached hydrogens (tertiary/aromatic N) is 2. The highest BCUT2D eigenvalue weighted by molar-refractivity contribution is 5.96. The number of hydrogen-bond acceptors (Lipinski definition) is 8. The number of alkyl carbamates (subject to hydrolysis) is 1. The predicted molar refractivity (Wildman–Crippen MR) is 177 cm³/mol. The van der Waals surface area contributed by atoms with Crippen molar-refractivity contribution in [2.75, 3.05) is 20.3 Å². The van der Waals surface area contributed by atoms with Gasteiger partial charge in [0.1, 0.15) is 29.5 Å². The number of carboxylic acids is 1. The molecule has 1 aromatic heterocycles. The number of ether oxygens (including phenoxy) is 3. The number of benzene rings is 1. The first-order valence-electron chi connectivity index (χ1n) is 16.8. The van der Waals surface area contributed by atoms with Crippen LogP contribution in [0.1, 0.15) is 70.8 Å². The number of aromatic nitrogens is 1. The summed E-state index contributed by atoms with van der Waals surface area (Å²) in [6.07, 6.45) is 12.5. The number of pyridine rings is 1. The molecule has 48 heavy (non-hydrogen) atoms. The van der Waals surface area contributed by atoms with Crippen molar-refractivity contribution in [1.82, 2.24) is 20.5 Å². The second-order valence-corrected chi connectivity index (χ2v) is 14.1. The Hall–Kier alpha value is -4.61. The molecule has 4 heterocycles. The van der Waals surface area contributed by atoms with Crippen molar-refractivity contribution in [3.05, 3.63) is 48.2 Å². The molecule has 0 radical (unpaired) electrons. The lowest BCUT2D eigenvalue weighted by Crippen LogP contribution is -2.56. The highest BCUT2D eigenvalue weighted by Gasteiger charge is 2.61. The van der Waals surface area contributed by atoms with Gasteiger partial charge in [0.2, 0.25) is 17.7 Å². The molecule has 256 valence electrons. The maximum atomic E-state index is 14.3. The van der Waals surface area contributed by atoms with Gasteiger partial charge in [0.25, 0.3) is 0 Å². The Morgan fingerprint density at radius 1 is 1.15 bits per heavy atom. The highest BCUT2D eigenvalue weighted by Crippen LogP contribution is 2.45. The Kier molecular flexibility index (Phi) is 9.35. The maximum Gasteiger partial charge on any atom is 0.407 e. The van der Waals surface area contributed by atoms with Crippen LogP contribution in [-0.2, 0) is 19.1 Å². The summed E-state index contributed by atoms with van der Waals surface area (Å²) in [6.45, 7) is 4.13. The molecule has 0 unspecified atom stereocenters. The van der Waals surface area contributed by atoms with E-state index < -0.39 is 53.0 Å². The predicted octanol–water partition coefficient (Wildman–Crippen LogP) is 4.61. The van der Waals surface area contributed by atoms with E-state index in [9.17, 15) is 24.3 Å². The molecule has 0 spiro atoms. The van der Waals surface area contributed by atoms with E-state index >= 15 is 0 Å². The van der Waals surface area contributed by atoms with Crippen LogP contribution >= 0.6 is 0 Å². The van der Waals surface area contributed by atoms with Crippen LogP contribution in [0.3, 0.4) is 0 Å². The summed E-state index contributed by atoms with van der Waals surface area (Å²) < 4.78 is 17.8. The van der Waals surface area contributed by atoms with Crippen LogP contribution in [0.25, 0.3) is 16.8 Å². The van der Waals surface area contributed by atoms with Crippen LogP contribution in [0.15, 0.2) is 42.6 Å². The van der Waals surface area contributed by atoms with Gasteiger partial charge in [-0.1, -0.05) is 51.0 Å². The molecular weight excluding hydrogens is 616 g/mol. The third-order valence-corrected chi connectivity index (χ3v) is 9.83. The minimum Gasteiger partial charge on any atom is -0.496 e. The van der Waals surface area contributed by atoms with Gasteiger partial charge in [0, 0.05) is 34.9 Å². The van der Waals surface area contributed by atoms with Crippen LogP contribution in [0.4, 0.5) is 4.79 Å². The van der Waals surface area contributed by atoms with E-state index in [1.54, 1.807) is 13.3 Å². The van der Waals surface area contributed by atoms with Gasteiger partial charge in [0.15, 0.2) is 0 Å².